The number of benzene rings is 2. The number of nitrogens with zero attached hydrogens (tertiary/aromatic N) is 3. The first-order chi connectivity index (χ1) is 14.5. The number of piperazine rings is 1. The highest BCUT2D eigenvalue weighted by Gasteiger charge is 2.40. The van der Waals surface area contributed by atoms with E-state index in [9.17, 15) is 13.2 Å². The molecule has 0 spiro atoms. The smallest absolute Gasteiger partial charge is 0.241 e. The summed E-state index contributed by atoms with van der Waals surface area (Å²) in [5.74, 6) is -0.0649. The summed E-state index contributed by atoms with van der Waals surface area (Å²) in [6, 6.07) is 17.5. The Hall–Kier alpha value is -2.22. The summed E-state index contributed by atoms with van der Waals surface area (Å²) in [6.45, 7) is 5.63. The van der Waals surface area contributed by atoms with Crippen LogP contribution in [0.5, 0.6) is 0 Å². The van der Waals surface area contributed by atoms with Crippen molar-refractivity contribution in [2.24, 2.45) is 0 Å². The van der Waals surface area contributed by atoms with E-state index in [1.165, 1.54) is 9.87 Å². The van der Waals surface area contributed by atoms with Crippen LogP contribution in [0.25, 0.3) is 0 Å². The van der Waals surface area contributed by atoms with Gasteiger partial charge < -0.3 is 4.90 Å². The first-order valence-electron chi connectivity index (χ1n) is 10.6. The average Bonchev–Trinajstić information content (AvgIpc) is 2.79. The lowest BCUT2D eigenvalue weighted by molar-refractivity contribution is -0.137. The molecule has 1 amide bonds. The molecule has 6 nitrogen and oxygen atoms in total. The van der Waals surface area contributed by atoms with Crippen LogP contribution < -0.4 is 0 Å². The Morgan fingerprint density at radius 2 is 1.57 bits per heavy atom. The Kier molecular flexibility index (Phi) is 6.22. The van der Waals surface area contributed by atoms with E-state index in [-0.39, 0.29) is 18.2 Å². The molecular weight excluding hydrogens is 398 g/mol. The largest absolute Gasteiger partial charge is 0.339 e. The van der Waals surface area contributed by atoms with Gasteiger partial charge in [-0.25, -0.2) is 8.42 Å². The van der Waals surface area contributed by atoms with Crippen molar-refractivity contribution in [1.29, 1.82) is 0 Å². The summed E-state index contributed by atoms with van der Waals surface area (Å²) < 4.78 is 27.0. The van der Waals surface area contributed by atoms with Crippen molar-refractivity contribution in [3.63, 3.8) is 0 Å². The Bertz CT molecular complexity index is 986. The number of rotatable bonds is 5. The van der Waals surface area contributed by atoms with E-state index >= 15 is 0 Å². The molecule has 4 rings (SSSR count). The fraction of sp³-hybridized carbons (Fsp3) is 0.435. The van der Waals surface area contributed by atoms with E-state index in [1.807, 2.05) is 47.4 Å². The van der Waals surface area contributed by atoms with Crippen molar-refractivity contribution >= 4 is 15.9 Å². The fourth-order valence-electron chi connectivity index (χ4n) is 4.35. The minimum atomic E-state index is -3.47. The van der Waals surface area contributed by atoms with Crippen LogP contribution in [0.1, 0.15) is 23.6 Å². The van der Waals surface area contributed by atoms with Crippen LogP contribution in [-0.2, 0) is 34.3 Å². The van der Waals surface area contributed by atoms with Gasteiger partial charge in [0, 0.05) is 39.3 Å². The van der Waals surface area contributed by atoms with Crippen LogP contribution in [0.2, 0.25) is 0 Å². The number of carbonyl (C=O) groups excluding carboxylic acids is 1. The maximum atomic E-state index is 13.4. The lowest BCUT2D eigenvalue weighted by Crippen LogP contribution is -2.57. The summed E-state index contributed by atoms with van der Waals surface area (Å²) >= 11 is 0. The first-order valence-corrected chi connectivity index (χ1v) is 12.2. The van der Waals surface area contributed by atoms with Crippen LogP contribution in [0, 0.1) is 0 Å². The molecular formula is C23H29N3O3S. The number of hydrogen-bond donors (Lipinski definition) is 0. The molecule has 30 heavy (non-hydrogen) atoms. The first kappa shape index (κ1) is 21.0. The van der Waals surface area contributed by atoms with Gasteiger partial charge in [-0.05, 0) is 30.0 Å². The Labute approximate surface area is 179 Å². The van der Waals surface area contributed by atoms with Crippen LogP contribution >= 0.6 is 0 Å². The number of amides is 1. The van der Waals surface area contributed by atoms with E-state index in [2.05, 4.69) is 17.0 Å². The van der Waals surface area contributed by atoms with Crippen molar-refractivity contribution in [3.05, 3.63) is 71.3 Å². The average molecular weight is 428 g/mol. The van der Waals surface area contributed by atoms with E-state index in [0.717, 1.165) is 30.8 Å². The molecule has 160 valence electrons. The predicted molar refractivity (Wildman–Crippen MR) is 117 cm³/mol. The summed E-state index contributed by atoms with van der Waals surface area (Å²) in [7, 11) is -3.47. The van der Waals surface area contributed by atoms with Gasteiger partial charge in [-0.1, -0.05) is 54.6 Å². The third kappa shape index (κ3) is 4.43. The maximum absolute atomic E-state index is 13.4. The molecule has 2 aliphatic rings. The highest BCUT2D eigenvalue weighted by Crippen LogP contribution is 2.27. The molecule has 2 aromatic carbocycles. The number of sulfonamides is 1. The molecule has 0 aliphatic carbocycles. The van der Waals surface area contributed by atoms with Gasteiger partial charge in [0.15, 0.2) is 0 Å². The molecule has 0 N–H and O–H groups in total. The fourth-order valence-corrected chi connectivity index (χ4v) is 5.57. The lowest BCUT2D eigenvalue weighted by atomic mass is 9.95. The molecule has 1 saturated heterocycles. The quantitative estimate of drug-likeness (QED) is 0.733. The highest BCUT2D eigenvalue weighted by atomic mass is 32.2. The molecule has 1 atom stereocenters. The maximum Gasteiger partial charge on any atom is 0.241 e. The van der Waals surface area contributed by atoms with E-state index in [1.54, 1.807) is 6.92 Å². The second kappa shape index (κ2) is 8.88. The minimum Gasteiger partial charge on any atom is -0.339 e. The Balaban J connectivity index is 1.46. The lowest BCUT2D eigenvalue weighted by Gasteiger charge is -2.40. The van der Waals surface area contributed by atoms with Gasteiger partial charge in [-0.15, -0.1) is 0 Å². The molecule has 0 aromatic heterocycles. The van der Waals surface area contributed by atoms with Crippen molar-refractivity contribution in [3.8, 4) is 0 Å². The second-order valence-corrected chi connectivity index (χ2v) is 10.2. The molecule has 1 unspecified atom stereocenters. The van der Waals surface area contributed by atoms with Gasteiger partial charge in [-0.3, -0.25) is 9.69 Å². The van der Waals surface area contributed by atoms with Gasteiger partial charge in [0.2, 0.25) is 15.9 Å². The molecule has 2 aliphatic heterocycles. The van der Waals surface area contributed by atoms with Gasteiger partial charge in [-0.2, -0.15) is 4.31 Å². The third-order valence-corrected chi connectivity index (χ3v) is 7.97. The van der Waals surface area contributed by atoms with Crippen LogP contribution in [0.15, 0.2) is 54.6 Å². The van der Waals surface area contributed by atoms with Crippen molar-refractivity contribution in [2.75, 3.05) is 31.9 Å². The summed E-state index contributed by atoms with van der Waals surface area (Å²) in [5, 5.41) is 0. The molecule has 0 saturated carbocycles. The standard InChI is InChI=1S/C23H29N3O3S/c1-2-30(28,29)26-18-21-11-7-6-10-20(21)16-22(26)23(27)25-14-12-24(13-15-25)17-19-8-4-3-5-9-19/h3-11,22H,2,12-18H2,1H3. The zero-order valence-corrected chi connectivity index (χ0v) is 18.2. The zero-order chi connectivity index (χ0) is 21.1. The minimum absolute atomic E-state index is 0.00377. The van der Waals surface area contributed by atoms with E-state index < -0.39 is 16.1 Å². The van der Waals surface area contributed by atoms with Crippen LogP contribution in [0.3, 0.4) is 0 Å². The summed E-state index contributed by atoms with van der Waals surface area (Å²) in [4.78, 5) is 17.6. The molecule has 7 heteroatoms. The van der Waals surface area contributed by atoms with Crippen molar-refractivity contribution in [2.45, 2.75) is 32.5 Å². The topological polar surface area (TPSA) is 60.9 Å². The molecule has 0 radical (unpaired) electrons. The Morgan fingerprint density at radius 1 is 0.933 bits per heavy atom. The highest BCUT2D eigenvalue weighted by molar-refractivity contribution is 7.89. The molecule has 2 heterocycles. The normalized spacial score (nSPS) is 20.7. The van der Waals surface area contributed by atoms with E-state index in [0.29, 0.717) is 19.5 Å². The molecule has 2 aromatic rings. The van der Waals surface area contributed by atoms with Gasteiger partial charge in [0.05, 0.1) is 5.75 Å². The summed E-state index contributed by atoms with van der Waals surface area (Å²) in [6.07, 6.45) is 0.443. The predicted octanol–water partition coefficient (Wildman–Crippen LogP) is 2.11. The molecule has 0 bridgehead atoms. The monoisotopic (exact) mass is 427 g/mol. The van der Waals surface area contributed by atoms with Crippen LogP contribution in [0.4, 0.5) is 0 Å². The van der Waals surface area contributed by atoms with Crippen molar-refractivity contribution < 1.29 is 13.2 Å². The Morgan fingerprint density at radius 3 is 2.23 bits per heavy atom. The van der Waals surface area contributed by atoms with Crippen molar-refractivity contribution in [1.82, 2.24) is 14.1 Å². The third-order valence-electron chi connectivity index (χ3n) is 6.15. The van der Waals surface area contributed by atoms with Gasteiger partial charge in [0.25, 0.3) is 0 Å². The number of fused-ring (bicyclic) bond motifs is 1. The number of carbonyl (C=O) groups is 1. The zero-order valence-electron chi connectivity index (χ0n) is 17.4. The van der Waals surface area contributed by atoms with Crippen LogP contribution in [-0.4, -0.2) is 66.4 Å². The van der Waals surface area contributed by atoms with Gasteiger partial charge in [0.1, 0.15) is 6.04 Å². The molecule has 1 fully saturated rings. The summed E-state index contributed by atoms with van der Waals surface area (Å²) in [5.41, 5.74) is 3.33. The SMILES string of the molecule is CCS(=O)(=O)N1Cc2ccccc2CC1C(=O)N1CCN(Cc2ccccc2)CC1. The van der Waals surface area contributed by atoms with Gasteiger partial charge >= 0.3 is 0 Å². The second-order valence-electron chi connectivity index (χ2n) is 8.02. The number of hydrogen-bond acceptors (Lipinski definition) is 4. The van der Waals surface area contributed by atoms with E-state index in [4.69, 9.17) is 0 Å².